The Morgan fingerprint density at radius 1 is 0.407 bits per heavy atom. The van der Waals surface area contributed by atoms with Crippen LogP contribution in [0.15, 0.2) is 60.8 Å². The molecule has 0 aromatic heterocycles. The Morgan fingerprint density at radius 2 is 0.747 bits per heavy atom. The van der Waals surface area contributed by atoms with Crippen molar-refractivity contribution in [3.8, 4) is 0 Å². The second-order valence-corrected chi connectivity index (χ2v) is 25.7. The predicted molar refractivity (Wildman–Crippen MR) is 355 cm³/mol. The van der Waals surface area contributed by atoms with Crippen LogP contribution in [0.25, 0.3) is 0 Å². The lowest BCUT2D eigenvalue weighted by atomic mass is 9.96. The Morgan fingerprint density at radius 3 is 1.14 bits per heavy atom. The van der Waals surface area contributed by atoms with Crippen LogP contribution in [0.2, 0.25) is 0 Å². The average molecular weight is 1300 g/mol. The van der Waals surface area contributed by atoms with E-state index in [4.69, 9.17) is 28.4 Å². The van der Waals surface area contributed by atoms with Crippen molar-refractivity contribution < 1.29 is 89.4 Å². The van der Waals surface area contributed by atoms with Crippen LogP contribution < -0.4 is 5.32 Å². The molecule has 0 saturated carbocycles. The van der Waals surface area contributed by atoms with Gasteiger partial charge in [0.2, 0.25) is 5.91 Å². The van der Waals surface area contributed by atoms with Gasteiger partial charge in [-0.1, -0.05) is 261 Å². The maximum Gasteiger partial charge on any atom is 0.220 e. The van der Waals surface area contributed by atoms with E-state index < -0.39 is 124 Å². The van der Waals surface area contributed by atoms with Crippen LogP contribution in [0, 0.1) is 0 Å². The van der Waals surface area contributed by atoms with Crippen LogP contribution in [0.1, 0.15) is 258 Å². The first-order valence-electron chi connectivity index (χ1n) is 36.0. The van der Waals surface area contributed by atoms with Crippen molar-refractivity contribution in [3.63, 3.8) is 0 Å². The highest BCUT2D eigenvalue weighted by molar-refractivity contribution is 5.76. The maximum absolute atomic E-state index is 13.4. The lowest BCUT2D eigenvalue weighted by Gasteiger charge is -2.48. The predicted octanol–water partition coefficient (Wildman–Crippen LogP) is 9.94. The lowest BCUT2D eigenvalue weighted by molar-refractivity contribution is -0.379. The van der Waals surface area contributed by atoms with Crippen LogP contribution in [-0.4, -0.2) is 193 Å². The van der Waals surface area contributed by atoms with Gasteiger partial charge in [0.1, 0.15) is 73.2 Å². The van der Waals surface area contributed by atoms with Gasteiger partial charge in [0.15, 0.2) is 18.9 Å². The molecule has 530 valence electrons. The minimum Gasteiger partial charge on any atom is -0.394 e. The molecule has 3 heterocycles. The number of rotatable bonds is 55. The van der Waals surface area contributed by atoms with Crippen molar-refractivity contribution in [1.82, 2.24) is 5.32 Å². The van der Waals surface area contributed by atoms with E-state index >= 15 is 0 Å². The van der Waals surface area contributed by atoms with Crippen molar-refractivity contribution in [2.75, 3.05) is 26.4 Å². The van der Waals surface area contributed by atoms with Crippen molar-refractivity contribution in [2.45, 2.75) is 362 Å². The van der Waals surface area contributed by atoms with Gasteiger partial charge in [-0.2, -0.15) is 0 Å². The monoisotopic (exact) mass is 1300 g/mol. The third-order valence-electron chi connectivity index (χ3n) is 17.9. The first-order valence-corrected chi connectivity index (χ1v) is 36.0. The highest BCUT2D eigenvalue weighted by Gasteiger charge is 2.53. The molecule has 19 heteroatoms. The molecule has 17 atom stereocenters. The second kappa shape index (κ2) is 53.6. The Labute approximate surface area is 547 Å². The minimum atomic E-state index is -1.98. The number of unbranched alkanes of at least 4 members (excludes halogenated alkanes) is 29. The van der Waals surface area contributed by atoms with Crippen LogP contribution in [-0.2, 0) is 33.2 Å². The van der Waals surface area contributed by atoms with Gasteiger partial charge in [-0.05, 0) is 51.4 Å². The molecule has 19 nitrogen and oxygen atoms in total. The number of amides is 1. The fourth-order valence-electron chi connectivity index (χ4n) is 12.1. The molecule has 3 aliphatic rings. The normalized spacial score (nSPS) is 28.2. The number of aliphatic hydroxyl groups is 11. The summed E-state index contributed by atoms with van der Waals surface area (Å²) in [5.74, 6) is -0.298. The maximum atomic E-state index is 13.4. The van der Waals surface area contributed by atoms with E-state index in [0.29, 0.717) is 25.7 Å². The Balaban J connectivity index is 1.41. The number of hydrogen-bond acceptors (Lipinski definition) is 18. The molecule has 0 radical (unpaired) electrons. The van der Waals surface area contributed by atoms with Crippen molar-refractivity contribution in [2.24, 2.45) is 0 Å². The van der Waals surface area contributed by atoms with Gasteiger partial charge in [-0.25, -0.2) is 0 Å². The Kier molecular flexibility index (Phi) is 48.7. The summed E-state index contributed by atoms with van der Waals surface area (Å²) in [4.78, 5) is 13.4. The molecule has 0 spiro atoms. The third-order valence-corrected chi connectivity index (χ3v) is 17.9. The third kappa shape index (κ3) is 35.4. The molecular weight excluding hydrogens is 1170 g/mol. The Bertz CT molecular complexity index is 1890. The van der Waals surface area contributed by atoms with Crippen molar-refractivity contribution in [3.05, 3.63) is 60.8 Å². The van der Waals surface area contributed by atoms with E-state index in [2.05, 4.69) is 73.8 Å². The number of nitrogens with one attached hydrogen (secondary N) is 1. The fourth-order valence-corrected chi connectivity index (χ4v) is 12.1. The highest BCUT2D eigenvalue weighted by Crippen LogP contribution is 2.33. The summed E-state index contributed by atoms with van der Waals surface area (Å²) in [6, 6.07) is -0.921. The van der Waals surface area contributed by atoms with Gasteiger partial charge < -0.3 is 89.9 Å². The molecule has 91 heavy (non-hydrogen) atoms. The molecule has 0 aromatic carbocycles. The summed E-state index contributed by atoms with van der Waals surface area (Å²) in [7, 11) is 0. The van der Waals surface area contributed by atoms with Crippen LogP contribution >= 0.6 is 0 Å². The molecule has 0 aliphatic carbocycles. The number of aliphatic hydroxyl groups excluding tert-OH is 11. The van der Waals surface area contributed by atoms with E-state index in [1.54, 1.807) is 0 Å². The second-order valence-electron chi connectivity index (χ2n) is 25.7. The van der Waals surface area contributed by atoms with Crippen LogP contribution in [0.4, 0.5) is 0 Å². The number of ether oxygens (including phenoxy) is 6. The van der Waals surface area contributed by atoms with Crippen molar-refractivity contribution >= 4 is 5.91 Å². The number of hydrogen-bond donors (Lipinski definition) is 12. The highest BCUT2D eigenvalue weighted by atomic mass is 16.8. The van der Waals surface area contributed by atoms with E-state index in [-0.39, 0.29) is 18.9 Å². The number of allylic oxidation sites excluding steroid dienone is 10. The van der Waals surface area contributed by atoms with Gasteiger partial charge in [-0.3, -0.25) is 4.79 Å². The van der Waals surface area contributed by atoms with Gasteiger partial charge in [0, 0.05) is 6.42 Å². The van der Waals surface area contributed by atoms with E-state index in [1.165, 1.54) is 161 Å². The first kappa shape index (κ1) is 82.7. The molecule has 17 unspecified atom stereocenters. The molecular formula is C72H129NO18. The summed E-state index contributed by atoms with van der Waals surface area (Å²) >= 11 is 0. The molecule has 3 saturated heterocycles. The zero-order valence-corrected chi connectivity index (χ0v) is 56.1. The summed E-state index contributed by atoms with van der Waals surface area (Å²) in [5.41, 5.74) is 0. The minimum absolute atomic E-state index is 0.186. The molecule has 12 N–H and O–H groups in total. The zero-order valence-electron chi connectivity index (χ0n) is 56.1. The molecule has 0 bridgehead atoms. The molecule has 3 fully saturated rings. The zero-order chi connectivity index (χ0) is 66.1. The van der Waals surface area contributed by atoms with Crippen LogP contribution in [0.5, 0.6) is 0 Å². The van der Waals surface area contributed by atoms with Crippen LogP contribution in [0.3, 0.4) is 0 Å². The van der Waals surface area contributed by atoms with Gasteiger partial charge in [-0.15, -0.1) is 0 Å². The summed E-state index contributed by atoms with van der Waals surface area (Å²) < 4.78 is 34.4. The molecule has 0 aromatic rings. The summed E-state index contributed by atoms with van der Waals surface area (Å²) in [6.45, 7) is 1.66. The fraction of sp³-hybridized carbons (Fsp3) is 0.847. The molecule has 3 aliphatic heterocycles. The average Bonchev–Trinajstić information content (AvgIpc) is 0.885. The van der Waals surface area contributed by atoms with Gasteiger partial charge in [0.05, 0.1) is 38.6 Å². The van der Waals surface area contributed by atoms with Gasteiger partial charge >= 0.3 is 0 Å². The summed E-state index contributed by atoms with van der Waals surface area (Å²) in [6.07, 6.45) is 38.9. The summed E-state index contributed by atoms with van der Waals surface area (Å²) in [5, 5.41) is 121. The quantitative estimate of drug-likeness (QED) is 0.0199. The first-order chi connectivity index (χ1) is 44.3. The van der Waals surface area contributed by atoms with E-state index in [0.717, 1.165) is 51.4 Å². The number of carbonyl (C=O) groups excluding carboxylic acids is 1. The Hall–Kier alpha value is -2.51. The number of carbonyl (C=O) groups is 1. The van der Waals surface area contributed by atoms with Gasteiger partial charge in [0.25, 0.3) is 0 Å². The largest absolute Gasteiger partial charge is 0.394 e. The standard InChI is InChI=1S/C72H129NO18/c1-3-5-7-9-11-13-15-17-19-21-22-23-24-25-26-27-28-29-30-31-32-34-35-37-39-41-43-45-47-49-56(77)55(73-60(78)50-48-46-44-42-40-38-36-33-20-18-16-14-12-10-8-6-4-2)54-86-70-66(84)63(81)68(58(52-75)88-70)91-72-67(85)64(82)69(59(53-76)89-72)90-71-65(83)62(80)61(79)57(51-74)87-71/h6,8,12,14,18,20,36,38,42,44,55-59,61-72,74-77,79-85H,3-5,7,9-11,13,15-17,19,21-35,37,39-41,43,45-54H2,1-2H3,(H,73,78)/b8-6-,14-12-,20-18-,38-36-,44-42-. The van der Waals surface area contributed by atoms with Crippen molar-refractivity contribution in [1.29, 1.82) is 0 Å². The topological polar surface area (TPSA) is 307 Å². The SMILES string of the molecule is CC/C=C\C/C=C\C/C=C\C/C=C\C/C=C\CCCC(=O)NC(COC1OC(CO)C(OC2OC(CO)C(OC3OC(CO)C(O)C(O)C3O)C(O)C2O)C(O)C1O)C(O)CCCCCCCCCCCCCCCCCCCCCCCCCCCCCCC. The smallest absolute Gasteiger partial charge is 0.220 e. The molecule has 3 rings (SSSR count). The molecule has 1 amide bonds. The van der Waals surface area contributed by atoms with E-state index in [9.17, 15) is 61.0 Å². The lowest BCUT2D eigenvalue weighted by Crippen LogP contribution is -2.66. The van der Waals surface area contributed by atoms with E-state index in [1.807, 2.05) is 6.08 Å².